The second-order valence-electron chi connectivity index (χ2n) is 7.36. The molecule has 24 heavy (non-hydrogen) atoms. The molecule has 1 aliphatic heterocycles. The lowest BCUT2D eigenvalue weighted by Gasteiger charge is -2.31. The van der Waals surface area contributed by atoms with Gasteiger partial charge in [0, 0.05) is 19.1 Å². The van der Waals surface area contributed by atoms with E-state index in [0.29, 0.717) is 19.4 Å². The van der Waals surface area contributed by atoms with Crippen LogP contribution in [0.5, 0.6) is 0 Å². The third-order valence-electron chi connectivity index (χ3n) is 4.21. The lowest BCUT2D eigenvalue weighted by atomic mass is 9.87. The van der Waals surface area contributed by atoms with Crippen LogP contribution in [0.25, 0.3) is 0 Å². The van der Waals surface area contributed by atoms with Crippen molar-refractivity contribution >= 4 is 20.0 Å². The number of hydrogen-bond acceptors (Lipinski definition) is 4. The maximum atomic E-state index is 12.5. The lowest BCUT2D eigenvalue weighted by molar-refractivity contribution is 0.305. The van der Waals surface area contributed by atoms with Gasteiger partial charge in [-0.1, -0.05) is 32.9 Å². The van der Waals surface area contributed by atoms with Gasteiger partial charge in [-0.05, 0) is 36.0 Å². The quantitative estimate of drug-likeness (QED) is 0.869. The largest absolute Gasteiger partial charge is 0.240 e. The minimum atomic E-state index is -3.66. The van der Waals surface area contributed by atoms with Crippen LogP contribution in [-0.4, -0.2) is 46.5 Å². The first kappa shape index (κ1) is 19.4. The van der Waals surface area contributed by atoms with Crippen LogP contribution in [0.3, 0.4) is 0 Å². The number of nitrogens with one attached hydrogen (secondary N) is 1. The Bertz CT molecular complexity index is 778. The van der Waals surface area contributed by atoms with E-state index in [-0.39, 0.29) is 16.9 Å². The zero-order chi connectivity index (χ0) is 18.2. The second kappa shape index (κ2) is 6.74. The highest BCUT2D eigenvalue weighted by molar-refractivity contribution is 7.89. The minimum Gasteiger partial charge on any atom is -0.213 e. The lowest BCUT2D eigenvalue weighted by Crippen LogP contribution is -2.49. The summed E-state index contributed by atoms with van der Waals surface area (Å²) in [5.41, 5.74) is 1.01. The van der Waals surface area contributed by atoms with Crippen LogP contribution in [0.4, 0.5) is 0 Å². The Morgan fingerprint density at radius 1 is 1.08 bits per heavy atom. The fourth-order valence-corrected chi connectivity index (χ4v) is 4.93. The first-order valence-electron chi connectivity index (χ1n) is 7.97. The van der Waals surface area contributed by atoms with E-state index in [0.717, 1.165) is 11.8 Å². The van der Waals surface area contributed by atoms with Crippen molar-refractivity contribution in [3.8, 4) is 0 Å². The van der Waals surface area contributed by atoms with E-state index in [1.54, 1.807) is 12.1 Å². The predicted octanol–water partition coefficient (Wildman–Crippen LogP) is 1.69. The number of rotatable bonds is 4. The molecule has 0 saturated carbocycles. The zero-order valence-corrected chi connectivity index (χ0v) is 16.2. The number of benzene rings is 1. The number of hydrogen-bond donors (Lipinski definition) is 1. The molecule has 0 amide bonds. The topological polar surface area (TPSA) is 83.6 Å². The Labute approximate surface area is 145 Å². The number of piperidine rings is 1. The molecule has 8 heteroatoms. The van der Waals surface area contributed by atoms with Crippen LogP contribution in [0.2, 0.25) is 0 Å². The van der Waals surface area contributed by atoms with Gasteiger partial charge >= 0.3 is 0 Å². The molecule has 0 bridgehead atoms. The Balaban J connectivity index is 2.13. The molecule has 136 valence electrons. The van der Waals surface area contributed by atoms with Gasteiger partial charge in [-0.25, -0.2) is 25.9 Å². The highest BCUT2D eigenvalue weighted by atomic mass is 32.2. The molecular weight excluding hydrogens is 348 g/mol. The molecule has 0 spiro atoms. The van der Waals surface area contributed by atoms with E-state index >= 15 is 0 Å². The van der Waals surface area contributed by atoms with Gasteiger partial charge in [-0.3, -0.25) is 0 Å². The summed E-state index contributed by atoms with van der Waals surface area (Å²) in [4.78, 5) is 0.201. The summed E-state index contributed by atoms with van der Waals surface area (Å²) in [6, 6.07) is 6.43. The molecule has 6 nitrogen and oxygen atoms in total. The first-order valence-corrected chi connectivity index (χ1v) is 11.3. The van der Waals surface area contributed by atoms with Crippen LogP contribution >= 0.6 is 0 Å². The summed E-state index contributed by atoms with van der Waals surface area (Å²) < 4.78 is 52.3. The van der Waals surface area contributed by atoms with Crippen molar-refractivity contribution in [1.29, 1.82) is 0 Å². The molecule has 1 atom stereocenters. The summed E-state index contributed by atoms with van der Waals surface area (Å²) >= 11 is 0. The molecule has 0 radical (unpaired) electrons. The normalized spacial score (nSPS) is 20.9. The van der Waals surface area contributed by atoms with Crippen molar-refractivity contribution in [3.05, 3.63) is 29.8 Å². The van der Waals surface area contributed by atoms with Crippen molar-refractivity contribution in [2.75, 3.05) is 19.3 Å². The van der Waals surface area contributed by atoms with Gasteiger partial charge in [0.25, 0.3) is 0 Å². The molecule has 1 saturated heterocycles. The van der Waals surface area contributed by atoms with Gasteiger partial charge in [0.05, 0.1) is 11.2 Å². The van der Waals surface area contributed by atoms with E-state index in [1.165, 1.54) is 4.31 Å². The summed E-state index contributed by atoms with van der Waals surface area (Å²) in [6.45, 7) is 6.82. The molecule has 1 unspecified atom stereocenters. The van der Waals surface area contributed by atoms with Crippen LogP contribution in [0.15, 0.2) is 29.2 Å². The zero-order valence-electron chi connectivity index (χ0n) is 14.6. The van der Waals surface area contributed by atoms with E-state index < -0.39 is 26.1 Å². The molecule has 1 aromatic rings. The number of nitrogens with zero attached hydrogens (tertiary/aromatic N) is 1. The average Bonchev–Trinajstić information content (AvgIpc) is 2.45. The third kappa shape index (κ3) is 4.78. The molecular formula is C16H26N2O4S2. The van der Waals surface area contributed by atoms with Crippen molar-refractivity contribution in [1.82, 2.24) is 9.03 Å². The first-order chi connectivity index (χ1) is 10.9. The van der Waals surface area contributed by atoms with Crippen LogP contribution in [0.1, 0.15) is 39.2 Å². The monoisotopic (exact) mass is 374 g/mol. The average molecular weight is 375 g/mol. The Kier molecular flexibility index (Phi) is 5.44. The van der Waals surface area contributed by atoms with Crippen LogP contribution < -0.4 is 4.72 Å². The summed E-state index contributed by atoms with van der Waals surface area (Å²) in [5.74, 6) is 0. The second-order valence-corrected chi connectivity index (χ2v) is 11.1. The van der Waals surface area contributed by atoms with Crippen LogP contribution in [-0.2, 0) is 25.5 Å². The van der Waals surface area contributed by atoms with Gasteiger partial charge in [0.1, 0.15) is 0 Å². The number of sulfonamides is 2. The summed E-state index contributed by atoms with van der Waals surface area (Å²) in [7, 11) is -6.97. The predicted molar refractivity (Wildman–Crippen MR) is 94.9 cm³/mol. The maximum absolute atomic E-state index is 12.5. The van der Waals surface area contributed by atoms with Gasteiger partial charge in [0.15, 0.2) is 0 Å². The summed E-state index contributed by atoms with van der Waals surface area (Å²) in [5, 5.41) is 0. The Hall–Kier alpha value is -0.960. The standard InChI is InChI=1S/C16H26N2O4S2/c1-16(2,3)13-7-9-15(10-8-13)24(21,22)17-14-6-5-11-18(12-14)23(4,19)20/h7-10,14,17H,5-6,11-12H2,1-4H3. The Morgan fingerprint density at radius 3 is 2.17 bits per heavy atom. The van der Waals surface area contributed by atoms with E-state index in [9.17, 15) is 16.8 Å². The van der Waals surface area contributed by atoms with E-state index in [4.69, 9.17) is 0 Å². The molecule has 1 aliphatic rings. The molecule has 1 aromatic carbocycles. The van der Waals surface area contributed by atoms with Gasteiger partial charge < -0.3 is 0 Å². The van der Waals surface area contributed by atoms with Gasteiger partial charge in [-0.2, -0.15) is 0 Å². The Morgan fingerprint density at radius 2 is 1.67 bits per heavy atom. The highest BCUT2D eigenvalue weighted by Gasteiger charge is 2.29. The van der Waals surface area contributed by atoms with Crippen molar-refractivity contribution in [2.45, 2.75) is 50.0 Å². The molecule has 0 aromatic heterocycles. The third-order valence-corrected chi connectivity index (χ3v) is 7.01. The fraction of sp³-hybridized carbons (Fsp3) is 0.625. The molecule has 1 fully saturated rings. The fourth-order valence-electron chi connectivity index (χ4n) is 2.76. The van der Waals surface area contributed by atoms with Gasteiger partial charge in [-0.15, -0.1) is 0 Å². The van der Waals surface area contributed by atoms with Crippen molar-refractivity contribution in [2.24, 2.45) is 0 Å². The molecule has 1 N–H and O–H groups in total. The highest BCUT2D eigenvalue weighted by Crippen LogP contribution is 2.24. The maximum Gasteiger partial charge on any atom is 0.240 e. The van der Waals surface area contributed by atoms with Crippen molar-refractivity contribution in [3.63, 3.8) is 0 Å². The molecule has 1 heterocycles. The van der Waals surface area contributed by atoms with Gasteiger partial charge in [0.2, 0.25) is 20.0 Å². The van der Waals surface area contributed by atoms with Crippen molar-refractivity contribution < 1.29 is 16.8 Å². The molecule has 2 rings (SSSR count). The van der Waals surface area contributed by atoms with E-state index in [2.05, 4.69) is 25.5 Å². The smallest absolute Gasteiger partial charge is 0.213 e. The van der Waals surface area contributed by atoms with Crippen LogP contribution in [0, 0.1) is 0 Å². The minimum absolute atomic E-state index is 0.0466. The molecule has 0 aliphatic carbocycles. The SMILES string of the molecule is CC(C)(C)c1ccc(S(=O)(=O)NC2CCCN(S(C)(=O)=O)C2)cc1. The summed E-state index contributed by atoms with van der Waals surface area (Å²) in [6.07, 6.45) is 2.42. The van der Waals surface area contributed by atoms with E-state index in [1.807, 2.05) is 12.1 Å².